The molecule has 1 saturated heterocycles. The summed E-state index contributed by atoms with van der Waals surface area (Å²) in [5.41, 5.74) is 1.65. The average molecular weight is 542 g/mol. The number of carbonyl (C=O) groups is 1. The quantitative estimate of drug-likeness (QED) is 0.527. The van der Waals surface area contributed by atoms with Gasteiger partial charge in [-0.25, -0.2) is 0 Å². The van der Waals surface area contributed by atoms with Crippen LogP contribution in [0.4, 0.5) is 0 Å². The lowest BCUT2D eigenvalue weighted by molar-refractivity contribution is -0.0152. The molecule has 1 aliphatic heterocycles. The Morgan fingerprint density at radius 2 is 1.03 bits per heavy atom. The highest BCUT2D eigenvalue weighted by Crippen LogP contribution is 2.30. The Balaban J connectivity index is 1.62. The van der Waals surface area contributed by atoms with Crippen molar-refractivity contribution < 1.29 is 33.2 Å². The van der Waals surface area contributed by atoms with Crippen LogP contribution in [0.3, 0.4) is 0 Å². The van der Waals surface area contributed by atoms with E-state index in [1.54, 1.807) is 12.1 Å². The molecule has 1 aromatic rings. The van der Waals surface area contributed by atoms with Gasteiger partial charge in [0.05, 0.1) is 79.3 Å². The topological polar surface area (TPSA) is 92.8 Å². The van der Waals surface area contributed by atoms with Crippen molar-refractivity contribution >= 4 is 27.4 Å². The van der Waals surface area contributed by atoms with E-state index in [4.69, 9.17) is 28.4 Å². The highest BCUT2D eigenvalue weighted by molar-refractivity contribution is 9.10. The number of halogens is 1. The third kappa shape index (κ3) is 9.18. The van der Waals surface area contributed by atoms with Gasteiger partial charge in [-0.15, -0.1) is 0 Å². The van der Waals surface area contributed by atoms with E-state index in [0.717, 1.165) is 11.3 Å². The normalized spacial score (nSPS) is 20.8. The molecule has 0 spiro atoms. The number of allylic oxidation sites excluding steroid dienone is 1. The molecule has 9 nitrogen and oxygen atoms in total. The van der Waals surface area contributed by atoms with Crippen LogP contribution in [0, 0.1) is 0 Å². The van der Waals surface area contributed by atoms with Gasteiger partial charge < -0.3 is 33.3 Å². The zero-order valence-corrected chi connectivity index (χ0v) is 20.9. The van der Waals surface area contributed by atoms with Crippen molar-refractivity contribution in [3.8, 4) is 0 Å². The van der Waals surface area contributed by atoms with Gasteiger partial charge in [-0.3, -0.25) is 9.59 Å². The molecule has 0 saturated carbocycles. The average Bonchev–Trinajstić information content (AvgIpc) is 3.00. The largest absolute Gasteiger partial charge is 0.377 e. The lowest BCUT2D eigenvalue weighted by Crippen LogP contribution is -2.30. The maximum atomic E-state index is 12.6. The maximum Gasteiger partial charge on any atom is 0.188 e. The van der Waals surface area contributed by atoms with Gasteiger partial charge >= 0.3 is 0 Å². The van der Waals surface area contributed by atoms with Crippen molar-refractivity contribution in [2.24, 2.45) is 0 Å². The molecule has 0 radical (unpaired) electrons. The van der Waals surface area contributed by atoms with E-state index in [1.165, 1.54) is 12.1 Å². The van der Waals surface area contributed by atoms with E-state index in [-0.39, 0.29) is 11.2 Å². The Morgan fingerprint density at radius 3 is 1.50 bits per heavy atom. The number of carbonyl (C=O) groups excluding carboxylic acids is 1. The Bertz CT molecular complexity index is 856. The second-order valence-corrected chi connectivity index (χ2v) is 8.52. The molecule has 2 aliphatic rings. The Morgan fingerprint density at radius 1 is 0.588 bits per heavy atom. The summed E-state index contributed by atoms with van der Waals surface area (Å²) in [6.45, 7) is 6.91. The first kappa shape index (κ1) is 26.9. The van der Waals surface area contributed by atoms with Gasteiger partial charge in [-0.05, 0) is 18.2 Å². The fourth-order valence-electron chi connectivity index (χ4n) is 3.52. The third-order valence-electron chi connectivity index (χ3n) is 5.16. The molecule has 34 heavy (non-hydrogen) atoms. The van der Waals surface area contributed by atoms with Crippen molar-refractivity contribution in [1.29, 1.82) is 0 Å². The lowest BCUT2D eigenvalue weighted by Gasteiger charge is -2.26. The number of nitrogens with zero attached hydrogens (tertiary/aromatic N) is 1. The minimum atomic E-state index is -0.222. The first-order chi connectivity index (χ1) is 16.6. The molecule has 0 N–H and O–H groups in total. The van der Waals surface area contributed by atoms with Crippen LogP contribution < -0.4 is 5.43 Å². The second kappa shape index (κ2) is 15.4. The van der Waals surface area contributed by atoms with Crippen LogP contribution in [-0.2, 0) is 28.4 Å². The molecule has 0 unspecified atom stereocenters. The summed E-state index contributed by atoms with van der Waals surface area (Å²) >= 11 is 3.39. The summed E-state index contributed by atoms with van der Waals surface area (Å²) in [7, 11) is 0. The first-order valence-corrected chi connectivity index (χ1v) is 12.3. The predicted octanol–water partition coefficient (Wildman–Crippen LogP) is 1.76. The molecular weight excluding hydrogens is 510 g/mol. The molecule has 0 aromatic heterocycles. The van der Waals surface area contributed by atoms with Crippen LogP contribution in [0.5, 0.6) is 0 Å². The fourth-order valence-corrected chi connectivity index (χ4v) is 3.97. The zero-order chi connectivity index (χ0) is 24.0. The highest BCUT2D eigenvalue weighted by atomic mass is 79.9. The summed E-state index contributed by atoms with van der Waals surface area (Å²) in [5, 5.41) is 0. The van der Waals surface area contributed by atoms with Gasteiger partial charge in [-0.1, -0.05) is 15.9 Å². The van der Waals surface area contributed by atoms with Gasteiger partial charge in [0.1, 0.15) is 0 Å². The Kier molecular flexibility index (Phi) is 12.2. The van der Waals surface area contributed by atoms with Gasteiger partial charge in [-0.2, -0.15) is 0 Å². The Hall–Kier alpha value is -1.66. The van der Waals surface area contributed by atoms with Crippen molar-refractivity contribution in [3.05, 3.63) is 50.1 Å². The molecule has 1 heterocycles. The number of rotatable bonds is 1. The van der Waals surface area contributed by atoms with Crippen molar-refractivity contribution in [3.63, 3.8) is 0 Å². The molecule has 10 heteroatoms. The number of fused-ring (bicyclic) bond motifs is 1. The van der Waals surface area contributed by atoms with E-state index in [9.17, 15) is 9.59 Å². The molecule has 1 aromatic carbocycles. The number of ether oxygens (including phenoxy) is 6. The standard InChI is InChI=1S/C24H32BrNO8/c25-19-15-20(27)17-22-21(16-19)23(18-24(22)28)26-1-3-29-5-7-31-9-11-33-13-14-34-12-10-32-8-6-30-4-2-26/h15-18H,1-14H2. The summed E-state index contributed by atoms with van der Waals surface area (Å²) in [5.74, 6) is -0.180. The van der Waals surface area contributed by atoms with Gasteiger partial charge in [0.15, 0.2) is 11.2 Å². The number of ketones is 1. The SMILES string of the molecule is O=C1C=C(N2CCOCCOCCOCCOCCOCCOCC2)c2cc(Br)cc(=O)cc21. The molecular formula is C24H32BrNO8. The molecule has 0 amide bonds. The van der Waals surface area contributed by atoms with Crippen molar-refractivity contribution in [2.75, 3.05) is 92.4 Å². The van der Waals surface area contributed by atoms with Gasteiger partial charge in [0, 0.05) is 40.5 Å². The lowest BCUT2D eigenvalue weighted by atomic mass is 10.1. The van der Waals surface area contributed by atoms with Crippen LogP contribution in [-0.4, -0.2) is 103 Å². The minimum absolute atomic E-state index is 0.180. The molecule has 188 valence electrons. The predicted molar refractivity (Wildman–Crippen MR) is 129 cm³/mol. The van der Waals surface area contributed by atoms with E-state index >= 15 is 0 Å². The minimum Gasteiger partial charge on any atom is -0.377 e. The van der Waals surface area contributed by atoms with Gasteiger partial charge in [0.2, 0.25) is 0 Å². The van der Waals surface area contributed by atoms with Crippen LogP contribution in [0.25, 0.3) is 5.70 Å². The van der Waals surface area contributed by atoms with E-state index in [1.807, 2.05) is 4.90 Å². The van der Waals surface area contributed by atoms with E-state index in [2.05, 4.69) is 15.9 Å². The van der Waals surface area contributed by atoms with Crippen LogP contribution in [0.1, 0.15) is 15.9 Å². The van der Waals surface area contributed by atoms with Crippen molar-refractivity contribution in [1.82, 2.24) is 4.90 Å². The summed E-state index contributed by atoms with van der Waals surface area (Å²) in [6.07, 6.45) is 1.57. The van der Waals surface area contributed by atoms with Crippen LogP contribution >= 0.6 is 15.9 Å². The highest BCUT2D eigenvalue weighted by Gasteiger charge is 2.25. The van der Waals surface area contributed by atoms with E-state index < -0.39 is 0 Å². The fraction of sp³-hybridized carbons (Fsp3) is 0.583. The smallest absolute Gasteiger partial charge is 0.188 e. The maximum absolute atomic E-state index is 12.6. The van der Waals surface area contributed by atoms with Crippen LogP contribution in [0.15, 0.2) is 33.5 Å². The molecule has 0 atom stereocenters. The third-order valence-corrected chi connectivity index (χ3v) is 5.62. The van der Waals surface area contributed by atoms with Crippen LogP contribution in [0.2, 0.25) is 0 Å². The summed E-state index contributed by atoms with van der Waals surface area (Å²) < 4.78 is 34.0. The molecule has 0 bridgehead atoms. The second-order valence-electron chi connectivity index (χ2n) is 7.60. The first-order valence-electron chi connectivity index (χ1n) is 11.5. The number of hydrogen-bond acceptors (Lipinski definition) is 9. The zero-order valence-electron chi connectivity index (χ0n) is 19.3. The summed E-state index contributed by atoms with van der Waals surface area (Å²) in [6, 6.07) is 4.65. The van der Waals surface area contributed by atoms with Crippen molar-refractivity contribution in [2.45, 2.75) is 0 Å². The van der Waals surface area contributed by atoms with Gasteiger partial charge in [0.25, 0.3) is 0 Å². The number of hydrogen-bond donors (Lipinski definition) is 0. The Labute approximate surface area is 208 Å². The van der Waals surface area contributed by atoms with E-state index in [0.29, 0.717) is 102 Å². The monoisotopic (exact) mass is 541 g/mol. The molecule has 3 rings (SSSR count). The summed E-state index contributed by atoms with van der Waals surface area (Å²) in [4.78, 5) is 26.7. The molecule has 1 fully saturated rings. The molecule has 1 aliphatic carbocycles.